The Morgan fingerprint density at radius 3 is 2.85 bits per heavy atom. The van der Waals surface area contributed by atoms with E-state index in [1.165, 1.54) is 16.3 Å². The van der Waals surface area contributed by atoms with Crippen LogP contribution in [-0.2, 0) is 0 Å². The number of benzene rings is 2. The van der Waals surface area contributed by atoms with Crippen LogP contribution in [0.25, 0.3) is 16.8 Å². The molecule has 0 heterocycles. The first-order valence-corrected chi connectivity index (χ1v) is 4.44. The van der Waals surface area contributed by atoms with Crippen molar-refractivity contribution in [3.8, 4) is 0 Å². The van der Waals surface area contributed by atoms with Crippen molar-refractivity contribution in [3.05, 3.63) is 54.1 Å². The van der Waals surface area contributed by atoms with Crippen LogP contribution < -0.4 is 0 Å². The summed E-state index contributed by atoms with van der Waals surface area (Å²) in [5.74, 6) is 0. The van der Waals surface area contributed by atoms with E-state index < -0.39 is 0 Å². The van der Waals surface area contributed by atoms with Crippen LogP contribution in [0.15, 0.2) is 42.5 Å². The summed E-state index contributed by atoms with van der Waals surface area (Å²) in [6.45, 7) is 2.02. The summed E-state index contributed by atoms with van der Waals surface area (Å²) in [6, 6.07) is 15.6. The Hall–Kier alpha value is -1.56. The predicted molar refractivity (Wildman–Crippen MR) is 57.5 cm³/mol. The molecule has 13 heavy (non-hydrogen) atoms. The molecule has 0 amide bonds. The van der Waals surface area contributed by atoms with Crippen molar-refractivity contribution < 1.29 is 0 Å². The fourth-order valence-corrected chi connectivity index (χ4v) is 1.49. The molecule has 0 nitrogen and oxygen atoms in total. The Kier molecular flexibility index (Phi) is 2.13. The molecule has 0 aliphatic rings. The van der Waals surface area contributed by atoms with Gasteiger partial charge in [-0.05, 0) is 29.3 Å². The monoisotopic (exact) mass is 167 g/mol. The predicted octanol–water partition coefficient (Wildman–Crippen LogP) is 3.67. The standard InChI is InChI=1S/C13H11/c1-2-6-11-8-5-9-12-7-3-4-10-13(11)12/h2-7,9-10H,1H3/b6-2-. The van der Waals surface area contributed by atoms with E-state index in [0.29, 0.717) is 0 Å². The van der Waals surface area contributed by atoms with Crippen LogP contribution in [0, 0.1) is 6.07 Å². The molecule has 0 spiro atoms. The highest BCUT2D eigenvalue weighted by atomic mass is 14.0. The molecule has 1 radical (unpaired) electrons. The van der Waals surface area contributed by atoms with Crippen LogP contribution in [0.5, 0.6) is 0 Å². The zero-order valence-corrected chi connectivity index (χ0v) is 7.62. The van der Waals surface area contributed by atoms with Crippen LogP contribution in [0.1, 0.15) is 12.5 Å². The molecule has 0 bridgehead atoms. The van der Waals surface area contributed by atoms with Gasteiger partial charge in [0.1, 0.15) is 0 Å². The quantitative estimate of drug-likeness (QED) is 0.607. The van der Waals surface area contributed by atoms with Gasteiger partial charge in [-0.15, -0.1) is 0 Å². The SMILES string of the molecule is C/C=C\c1[c]ccc2ccccc12. The summed E-state index contributed by atoms with van der Waals surface area (Å²) in [5, 5.41) is 2.54. The van der Waals surface area contributed by atoms with Crippen LogP contribution >= 0.6 is 0 Å². The van der Waals surface area contributed by atoms with Crippen LogP contribution in [-0.4, -0.2) is 0 Å². The maximum atomic E-state index is 3.23. The first-order chi connectivity index (χ1) is 6.42. The van der Waals surface area contributed by atoms with E-state index in [1.54, 1.807) is 0 Å². The smallest absolute Gasteiger partial charge is 0.00989 e. The molecule has 2 aromatic carbocycles. The number of fused-ring (bicyclic) bond motifs is 1. The molecule has 0 saturated carbocycles. The van der Waals surface area contributed by atoms with Gasteiger partial charge in [-0.2, -0.15) is 0 Å². The molecule has 2 aromatic rings. The van der Waals surface area contributed by atoms with E-state index in [9.17, 15) is 0 Å². The van der Waals surface area contributed by atoms with Gasteiger partial charge in [0.05, 0.1) is 0 Å². The molecule has 0 aromatic heterocycles. The maximum Gasteiger partial charge on any atom is -0.00989 e. The van der Waals surface area contributed by atoms with E-state index in [4.69, 9.17) is 0 Å². The third-order valence-corrected chi connectivity index (χ3v) is 2.09. The molecule has 63 valence electrons. The molecule has 0 fully saturated rings. The molecular weight excluding hydrogens is 156 g/mol. The molecule has 0 N–H and O–H groups in total. The molecule has 2 rings (SSSR count). The number of rotatable bonds is 1. The van der Waals surface area contributed by atoms with E-state index in [1.807, 2.05) is 19.1 Å². The number of hydrogen-bond acceptors (Lipinski definition) is 0. The lowest BCUT2D eigenvalue weighted by atomic mass is 10.0. The Morgan fingerprint density at radius 2 is 2.00 bits per heavy atom. The fraction of sp³-hybridized carbons (Fsp3) is 0.0769. The second kappa shape index (κ2) is 3.44. The zero-order valence-electron chi connectivity index (χ0n) is 7.62. The van der Waals surface area contributed by atoms with Crippen LogP contribution in [0.4, 0.5) is 0 Å². The first kappa shape index (κ1) is 8.06. The second-order valence-corrected chi connectivity index (χ2v) is 2.98. The molecule has 0 atom stereocenters. The van der Waals surface area contributed by atoms with Gasteiger partial charge in [-0.3, -0.25) is 0 Å². The van der Waals surface area contributed by atoms with Crippen molar-refractivity contribution in [1.82, 2.24) is 0 Å². The zero-order chi connectivity index (χ0) is 9.10. The van der Waals surface area contributed by atoms with Gasteiger partial charge in [0.25, 0.3) is 0 Å². The third-order valence-electron chi connectivity index (χ3n) is 2.09. The van der Waals surface area contributed by atoms with Gasteiger partial charge >= 0.3 is 0 Å². The Morgan fingerprint density at radius 1 is 1.15 bits per heavy atom. The third kappa shape index (κ3) is 1.48. The molecule has 0 aliphatic carbocycles. The summed E-state index contributed by atoms with van der Waals surface area (Å²) in [4.78, 5) is 0. The highest BCUT2D eigenvalue weighted by Crippen LogP contribution is 2.18. The van der Waals surface area contributed by atoms with Crippen LogP contribution in [0.3, 0.4) is 0 Å². The highest BCUT2D eigenvalue weighted by molar-refractivity contribution is 5.90. The van der Waals surface area contributed by atoms with Gasteiger partial charge in [-0.25, -0.2) is 0 Å². The number of hydrogen-bond donors (Lipinski definition) is 0. The maximum absolute atomic E-state index is 3.23. The summed E-state index contributed by atoms with van der Waals surface area (Å²) in [6.07, 6.45) is 4.13. The minimum atomic E-state index is 1.17. The lowest BCUT2D eigenvalue weighted by Crippen LogP contribution is -1.77. The summed E-state index contributed by atoms with van der Waals surface area (Å²) in [5.41, 5.74) is 1.17. The Bertz CT molecular complexity index is 433. The average molecular weight is 167 g/mol. The van der Waals surface area contributed by atoms with Gasteiger partial charge < -0.3 is 0 Å². The van der Waals surface area contributed by atoms with E-state index in [2.05, 4.69) is 42.5 Å². The molecular formula is C13H11. The van der Waals surface area contributed by atoms with Gasteiger partial charge in [0, 0.05) is 0 Å². The van der Waals surface area contributed by atoms with E-state index >= 15 is 0 Å². The highest BCUT2D eigenvalue weighted by Gasteiger charge is 1.95. The summed E-state index contributed by atoms with van der Waals surface area (Å²) in [7, 11) is 0. The van der Waals surface area contributed by atoms with Crippen molar-refractivity contribution in [3.63, 3.8) is 0 Å². The summed E-state index contributed by atoms with van der Waals surface area (Å²) >= 11 is 0. The molecule has 0 saturated heterocycles. The van der Waals surface area contributed by atoms with Gasteiger partial charge in [0.2, 0.25) is 0 Å². The molecule has 0 aliphatic heterocycles. The lowest BCUT2D eigenvalue weighted by molar-refractivity contribution is 1.68. The van der Waals surface area contributed by atoms with Gasteiger partial charge in [-0.1, -0.05) is 48.6 Å². The van der Waals surface area contributed by atoms with Crippen molar-refractivity contribution in [2.24, 2.45) is 0 Å². The van der Waals surface area contributed by atoms with Crippen molar-refractivity contribution in [2.75, 3.05) is 0 Å². The Labute approximate surface area is 78.5 Å². The number of allylic oxidation sites excluding steroid dienone is 1. The Balaban J connectivity index is 2.75. The fourth-order valence-electron chi connectivity index (χ4n) is 1.49. The second-order valence-electron chi connectivity index (χ2n) is 2.98. The average Bonchev–Trinajstić information content (AvgIpc) is 2.19. The van der Waals surface area contributed by atoms with Gasteiger partial charge in [0.15, 0.2) is 0 Å². The van der Waals surface area contributed by atoms with Crippen molar-refractivity contribution >= 4 is 16.8 Å². The lowest BCUT2D eigenvalue weighted by Gasteiger charge is -2.00. The van der Waals surface area contributed by atoms with E-state index in [-0.39, 0.29) is 0 Å². The minimum Gasteiger partial charge on any atom is -0.0870 e. The topological polar surface area (TPSA) is 0 Å². The molecule has 0 unspecified atom stereocenters. The van der Waals surface area contributed by atoms with Crippen molar-refractivity contribution in [1.29, 1.82) is 0 Å². The van der Waals surface area contributed by atoms with E-state index in [0.717, 1.165) is 0 Å². The molecule has 0 heteroatoms. The summed E-state index contributed by atoms with van der Waals surface area (Å²) < 4.78 is 0. The first-order valence-electron chi connectivity index (χ1n) is 4.44. The minimum absolute atomic E-state index is 1.17. The van der Waals surface area contributed by atoms with Crippen LogP contribution in [0.2, 0.25) is 0 Å². The largest absolute Gasteiger partial charge is 0.0870 e. The normalized spacial score (nSPS) is 11.2. The van der Waals surface area contributed by atoms with Crippen molar-refractivity contribution in [2.45, 2.75) is 6.92 Å².